The SMILES string of the molecule is CC[C@H](C)OC(=O)Cn1cnc2sc(C(=O)Nc3ccccc3)c(C)c2c1=O. The summed E-state index contributed by atoms with van der Waals surface area (Å²) in [6, 6.07) is 9.08. The lowest BCUT2D eigenvalue weighted by Crippen LogP contribution is -2.27. The zero-order chi connectivity index (χ0) is 20.3. The van der Waals surface area contributed by atoms with Crippen LogP contribution in [0.5, 0.6) is 0 Å². The molecule has 1 amide bonds. The third-order valence-electron chi connectivity index (χ3n) is 4.36. The van der Waals surface area contributed by atoms with E-state index in [4.69, 9.17) is 4.74 Å². The van der Waals surface area contributed by atoms with Gasteiger partial charge in [0.05, 0.1) is 22.7 Å². The van der Waals surface area contributed by atoms with Crippen molar-refractivity contribution in [2.45, 2.75) is 39.8 Å². The van der Waals surface area contributed by atoms with Gasteiger partial charge in [-0.1, -0.05) is 25.1 Å². The Labute approximate surface area is 166 Å². The highest BCUT2D eigenvalue weighted by molar-refractivity contribution is 7.20. The molecule has 0 aliphatic heterocycles. The number of hydrogen-bond donors (Lipinski definition) is 1. The van der Waals surface area contributed by atoms with E-state index in [1.54, 1.807) is 26.0 Å². The molecule has 0 aliphatic rings. The van der Waals surface area contributed by atoms with Gasteiger partial charge in [-0.25, -0.2) is 4.98 Å². The zero-order valence-corrected chi connectivity index (χ0v) is 16.7. The van der Waals surface area contributed by atoms with Gasteiger partial charge in [0, 0.05) is 5.69 Å². The van der Waals surface area contributed by atoms with E-state index in [9.17, 15) is 14.4 Å². The van der Waals surface area contributed by atoms with Gasteiger partial charge in [0.2, 0.25) is 0 Å². The summed E-state index contributed by atoms with van der Waals surface area (Å²) in [5.74, 6) is -0.790. The monoisotopic (exact) mass is 399 g/mol. The van der Waals surface area contributed by atoms with Crippen LogP contribution in [0, 0.1) is 6.92 Å². The van der Waals surface area contributed by atoms with Gasteiger partial charge in [0.15, 0.2) is 0 Å². The molecule has 0 saturated heterocycles. The van der Waals surface area contributed by atoms with Gasteiger partial charge < -0.3 is 10.1 Å². The van der Waals surface area contributed by atoms with E-state index in [1.165, 1.54) is 10.9 Å². The Morgan fingerprint density at radius 2 is 2.00 bits per heavy atom. The van der Waals surface area contributed by atoms with E-state index in [0.29, 0.717) is 32.8 Å². The second-order valence-electron chi connectivity index (χ2n) is 6.44. The molecule has 0 radical (unpaired) electrons. The molecule has 2 heterocycles. The lowest BCUT2D eigenvalue weighted by molar-refractivity contribution is -0.149. The molecule has 1 atom stereocenters. The van der Waals surface area contributed by atoms with Crippen molar-refractivity contribution in [1.29, 1.82) is 0 Å². The number of aryl methyl sites for hydroxylation is 1. The second kappa shape index (κ2) is 8.35. The number of para-hydroxylation sites is 1. The predicted octanol–water partition coefficient (Wildman–Crippen LogP) is 3.36. The van der Waals surface area contributed by atoms with Crippen molar-refractivity contribution in [2.24, 2.45) is 0 Å². The third-order valence-corrected chi connectivity index (χ3v) is 5.56. The summed E-state index contributed by atoms with van der Waals surface area (Å²) >= 11 is 1.15. The maximum atomic E-state index is 12.8. The Balaban J connectivity index is 1.89. The van der Waals surface area contributed by atoms with Crippen LogP contribution in [0.3, 0.4) is 0 Å². The molecule has 1 N–H and O–H groups in total. The zero-order valence-electron chi connectivity index (χ0n) is 15.9. The number of nitrogens with one attached hydrogen (secondary N) is 1. The first kappa shape index (κ1) is 19.8. The molecule has 8 heteroatoms. The molecule has 3 rings (SSSR count). The minimum absolute atomic E-state index is 0.212. The standard InChI is InChI=1S/C20H21N3O4S/c1-4-12(2)27-15(24)10-23-11-21-19-16(20(23)26)13(3)17(28-19)18(25)22-14-8-6-5-7-9-14/h5-9,11-12H,4,10H2,1-3H3,(H,22,25)/t12-/m0/s1. The number of rotatable bonds is 6. The van der Waals surface area contributed by atoms with E-state index < -0.39 is 5.97 Å². The van der Waals surface area contributed by atoms with Crippen molar-refractivity contribution in [1.82, 2.24) is 9.55 Å². The number of esters is 1. The number of nitrogens with zero attached hydrogens (tertiary/aromatic N) is 2. The highest BCUT2D eigenvalue weighted by Crippen LogP contribution is 2.27. The fraction of sp³-hybridized carbons (Fsp3) is 0.300. The molecular formula is C20H21N3O4S. The van der Waals surface area contributed by atoms with Crippen LogP contribution in [-0.2, 0) is 16.1 Å². The molecule has 0 fully saturated rings. The van der Waals surface area contributed by atoms with Gasteiger partial charge in [-0.2, -0.15) is 0 Å². The minimum atomic E-state index is -0.493. The molecule has 0 spiro atoms. The van der Waals surface area contributed by atoms with Crippen molar-refractivity contribution >= 4 is 39.1 Å². The Hall–Kier alpha value is -3.00. The number of thiophene rings is 1. The Kier molecular flexibility index (Phi) is 5.89. The quantitative estimate of drug-likeness (QED) is 0.642. The van der Waals surface area contributed by atoms with Crippen LogP contribution < -0.4 is 10.9 Å². The molecule has 0 saturated carbocycles. The van der Waals surface area contributed by atoms with Crippen LogP contribution in [0.2, 0.25) is 0 Å². The summed E-state index contributed by atoms with van der Waals surface area (Å²) in [5.41, 5.74) is 0.858. The average Bonchev–Trinajstić information content (AvgIpc) is 3.02. The largest absolute Gasteiger partial charge is 0.461 e. The van der Waals surface area contributed by atoms with Crippen molar-refractivity contribution in [3.63, 3.8) is 0 Å². The third kappa shape index (κ3) is 4.12. The molecule has 146 valence electrons. The van der Waals surface area contributed by atoms with Crippen molar-refractivity contribution in [2.75, 3.05) is 5.32 Å². The van der Waals surface area contributed by atoms with Gasteiger partial charge in [-0.3, -0.25) is 19.0 Å². The van der Waals surface area contributed by atoms with E-state index in [0.717, 1.165) is 11.3 Å². The van der Waals surface area contributed by atoms with E-state index in [2.05, 4.69) is 10.3 Å². The van der Waals surface area contributed by atoms with Crippen LogP contribution in [0.1, 0.15) is 35.5 Å². The van der Waals surface area contributed by atoms with E-state index in [1.807, 2.05) is 25.1 Å². The van der Waals surface area contributed by atoms with Crippen LogP contribution in [-0.4, -0.2) is 27.5 Å². The number of hydrogen-bond acceptors (Lipinski definition) is 6. The Morgan fingerprint density at radius 1 is 1.29 bits per heavy atom. The average molecular weight is 399 g/mol. The number of amides is 1. The normalized spacial score (nSPS) is 12.0. The fourth-order valence-corrected chi connectivity index (χ4v) is 3.72. The van der Waals surface area contributed by atoms with Gasteiger partial charge in [-0.05, 0) is 38.0 Å². The highest BCUT2D eigenvalue weighted by Gasteiger charge is 2.20. The molecule has 3 aromatic rings. The van der Waals surface area contributed by atoms with Gasteiger partial charge in [0.25, 0.3) is 11.5 Å². The second-order valence-corrected chi connectivity index (χ2v) is 7.44. The smallest absolute Gasteiger partial charge is 0.326 e. The van der Waals surface area contributed by atoms with E-state index in [-0.39, 0.29) is 24.1 Å². The fourth-order valence-electron chi connectivity index (χ4n) is 2.68. The van der Waals surface area contributed by atoms with Crippen LogP contribution in [0.25, 0.3) is 10.2 Å². The van der Waals surface area contributed by atoms with Crippen LogP contribution in [0.15, 0.2) is 41.5 Å². The maximum absolute atomic E-state index is 12.8. The lowest BCUT2D eigenvalue weighted by atomic mass is 10.2. The number of aromatic nitrogens is 2. The summed E-state index contributed by atoms with van der Waals surface area (Å²) in [4.78, 5) is 42.6. The number of ether oxygens (including phenoxy) is 1. The van der Waals surface area contributed by atoms with E-state index >= 15 is 0 Å². The van der Waals surface area contributed by atoms with Crippen molar-refractivity contribution < 1.29 is 14.3 Å². The minimum Gasteiger partial charge on any atom is -0.461 e. The first-order valence-corrected chi connectivity index (χ1v) is 9.76. The first-order chi connectivity index (χ1) is 13.4. The van der Waals surface area contributed by atoms with Crippen molar-refractivity contribution in [3.8, 4) is 0 Å². The Bertz CT molecular complexity index is 1070. The lowest BCUT2D eigenvalue weighted by Gasteiger charge is -2.11. The van der Waals surface area contributed by atoms with Crippen LogP contribution >= 0.6 is 11.3 Å². The molecule has 2 aromatic heterocycles. The van der Waals surface area contributed by atoms with Gasteiger partial charge in [-0.15, -0.1) is 11.3 Å². The highest BCUT2D eigenvalue weighted by atomic mass is 32.1. The molecule has 0 bridgehead atoms. The number of carbonyl (C=O) groups excluding carboxylic acids is 2. The summed E-state index contributed by atoms with van der Waals surface area (Å²) in [6.07, 6.45) is 1.80. The summed E-state index contributed by atoms with van der Waals surface area (Å²) < 4.78 is 6.44. The number of fused-ring (bicyclic) bond motifs is 1. The summed E-state index contributed by atoms with van der Waals surface area (Å²) in [6.45, 7) is 5.20. The molecule has 0 aliphatic carbocycles. The summed E-state index contributed by atoms with van der Waals surface area (Å²) in [7, 11) is 0. The van der Waals surface area contributed by atoms with Gasteiger partial charge in [0.1, 0.15) is 11.4 Å². The molecule has 28 heavy (non-hydrogen) atoms. The molecule has 0 unspecified atom stereocenters. The molecular weight excluding hydrogens is 378 g/mol. The van der Waals surface area contributed by atoms with Gasteiger partial charge >= 0.3 is 5.97 Å². The number of benzene rings is 1. The summed E-state index contributed by atoms with van der Waals surface area (Å²) in [5, 5.41) is 3.16. The molecule has 1 aromatic carbocycles. The van der Waals surface area contributed by atoms with Crippen LogP contribution in [0.4, 0.5) is 5.69 Å². The molecule has 7 nitrogen and oxygen atoms in total. The Morgan fingerprint density at radius 3 is 2.68 bits per heavy atom. The van der Waals surface area contributed by atoms with Crippen molar-refractivity contribution in [3.05, 3.63) is 57.5 Å². The number of anilines is 1. The topological polar surface area (TPSA) is 90.3 Å². The maximum Gasteiger partial charge on any atom is 0.326 e. The first-order valence-electron chi connectivity index (χ1n) is 8.95. The predicted molar refractivity (Wildman–Crippen MR) is 109 cm³/mol. The number of carbonyl (C=O) groups is 2.